The van der Waals surface area contributed by atoms with Crippen LogP contribution in [0.4, 0.5) is 5.69 Å². The summed E-state index contributed by atoms with van der Waals surface area (Å²) in [5.74, 6) is 0. The zero-order valence-corrected chi connectivity index (χ0v) is 13.6. The topological polar surface area (TPSA) is 15.3 Å². The van der Waals surface area contributed by atoms with Crippen molar-refractivity contribution in [3.05, 3.63) is 65.2 Å². The summed E-state index contributed by atoms with van der Waals surface area (Å²) in [4.78, 5) is 2.15. The molecular formula is C19H26N2. The molecule has 2 aromatic rings. The molecular weight excluding hydrogens is 256 g/mol. The molecule has 0 saturated carbocycles. The van der Waals surface area contributed by atoms with Gasteiger partial charge in [0.15, 0.2) is 0 Å². The van der Waals surface area contributed by atoms with Crippen molar-refractivity contribution in [2.75, 3.05) is 25.5 Å². The molecule has 0 radical (unpaired) electrons. The van der Waals surface area contributed by atoms with Crippen LogP contribution in [0.25, 0.3) is 0 Å². The van der Waals surface area contributed by atoms with Gasteiger partial charge in [0.05, 0.1) is 6.04 Å². The standard InChI is InChI=1S/C19H26N2/c1-5-13-20-19(18-12-7-6-9-15(18)2)16-10-8-11-17(14-16)21(3)4/h6-12,14,19-20H,5,13H2,1-4H3. The van der Waals surface area contributed by atoms with Crippen molar-refractivity contribution in [1.29, 1.82) is 0 Å². The Labute approximate surface area is 128 Å². The molecule has 0 aliphatic carbocycles. The van der Waals surface area contributed by atoms with Crippen molar-refractivity contribution < 1.29 is 0 Å². The summed E-state index contributed by atoms with van der Waals surface area (Å²) >= 11 is 0. The van der Waals surface area contributed by atoms with Crippen LogP contribution >= 0.6 is 0 Å². The fourth-order valence-corrected chi connectivity index (χ4v) is 2.59. The van der Waals surface area contributed by atoms with Gasteiger partial charge in [-0.25, -0.2) is 0 Å². The van der Waals surface area contributed by atoms with E-state index in [1.165, 1.54) is 22.4 Å². The van der Waals surface area contributed by atoms with Crippen LogP contribution in [0.15, 0.2) is 48.5 Å². The number of anilines is 1. The molecule has 0 amide bonds. The Balaban J connectivity index is 2.40. The number of nitrogens with zero attached hydrogens (tertiary/aromatic N) is 1. The second kappa shape index (κ2) is 7.28. The van der Waals surface area contributed by atoms with Crippen LogP contribution in [0, 0.1) is 6.92 Å². The van der Waals surface area contributed by atoms with Gasteiger partial charge in [0.25, 0.3) is 0 Å². The third kappa shape index (κ3) is 3.85. The summed E-state index contributed by atoms with van der Waals surface area (Å²) < 4.78 is 0. The molecule has 2 aromatic carbocycles. The molecule has 0 saturated heterocycles. The van der Waals surface area contributed by atoms with Crippen LogP contribution in [-0.4, -0.2) is 20.6 Å². The average Bonchev–Trinajstić information content (AvgIpc) is 2.49. The highest BCUT2D eigenvalue weighted by Crippen LogP contribution is 2.27. The average molecular weight is 282 g/mol. The Bertz CT molecular complexity index is 575. The van der Waals surface area contributed by atoms with Gasteiger partial charge in [-0.2, -0.15) is 0 Å². The van der Waals surface area contributed by atoms with Crippen LogP contribution in [0.2, 0.25) is 0 Å². The number of rotatable bonds is 6. The van der Waals surface area contributed by atoms with Crippen molar-refractivity contribution in [1.82, 2.24) is 5.32 Å². The molecule has 0 aliphatic rings. The number of nitrogens with one attached hydrogen (secondary N) is 1. The molecule has 0 heterocycles. The zero-order chi connectivity index (χ0) is 15.2. The Morgan fingerprint density at radius 1 is 1.05 bits per heavy atom. The lowest BCUT2D eigenvalue weighted by molar-refractivity contribution is 0.596. The highest BCUT2D eigenvalue weighted by Gasteiger charge is 2.15. The number of aryl methyl sites for hydroxylation is 1. The van der Waals surface area contributed by atoms with Gasteiger partial charge in [-0.15, -0.1) is 0 Å². The first-order valence-electron chi connectivity index (χ1n) is 7.69. The lowest BCUT2D eigenvalue weighted by atomic mass is 9.94. The number of hydrogen-bond acceptors (Lipinski definition) is 2. The van der Waals surface area contributed by atoms with Crippen molar-refractivity contribution >= 4 is 5.69 Å². The molecule has 0 spiro atoms. The van der Waals surface area contributed by atoms with Gasteiger partial charge in [-0.3, -0.25) is 0 Å². The summed E-state index contributed by atoms with van der Waals surface area (Å²) in [5, 5.41) is 3.69. The SMILES string of the molecule is CCCNC(c1cccc(N(C)C)c1)c1ccccc1C. The van der Waals surface area contributed by atoms with Gasteiger partial charge in [-0.1, -0.05) is 43.3 Å². The minimum Gasteiger partial charge on any atom is -0.378 e. The molecule has 1 unspecified atom stereocenters. The number of hydrogen-bond donors (Lipinski definition) is 1. The lowest BCUT2D eigenvalue weighted by Crippen LogP contribution is -2.24. The van der Waals surface area contributed by atoms with E-state index in [2.05, 4.69) is 86.7 Å². The Morgan fingerprint density at radius 2 is 1.81 bits per heavy atom. The largest absolute Gasteiger partial charge is 0.378 e. The third-order valence-electron chi connectivity index (χ3n) is 3.82. The van der Waals surface area contributed by atoms with Crippen LogP contribution in [0.3, 0.4) is 0 Å². The highest BCUT2D eigenvalue weighted by atomic mass is 15.1. The van der Waals surface area contributed by atoms with E-state index >= 15 is 0 Å². The van der Waals surface area contributed by atoms with Gasteiger partial charge in [-0.05, 0) is 48.7 Å². The highest BCUT2D eigenvalue weighted by molar-refractivity contribution is 5.50. The first-order valence-corrected chi connectivity index (χ1v) is 7.69. The van der Waals surface area contributed by atoms with E-state index in [9.17, 15) is 0 Å². The fraction of sp³-hybridized carbons (Fsp3) is 0.368. The third-order valence-corrected chi connectivity index (χ3v) is 3.82. The molecule has 1 N–H and O–H groups in total. The smallest absolute Gasteiger partial charge is 0.0580 e. The first kappa shape index (κ1) is 15.6. The quantitative estimate of drug-likeness (QED) is 0.856. The maximum Gasteiger partial charge on any atom is 0.0580 e. The zero-order valence-electron chi connectivity index (χ0n) is 13.6. The van der Waals surface area contributed by atoms with Gasteiger partial charge < -0.3 is 10.2 Å². The molecule has 0 bridgehead atoms. The van der Waals surface area contributed by atoms with Gasteiger partial charge in [0.1, 0.15) is 0 Å². The maximum atomic E-state index is 3.69. The first-order chi connectivity index (χ1) is 10.1. The molecule has 112 valence electrons. The summed E-state index contributed by atoms with van der Waals surface area (Å²) in [6.07, 6.45) is 1.13. The second-order valence-corrected chi connectivity index (χ2v) is 5.73. The van der Waals surface area contributed by atoms with Gasteiger partial charge >= 0.3 is 0 Å². The molecule has 21 heavy (non-hydrogen) atoms. The molecule has 2 rings (SSSR count). The van der Waals surface area contributed by atoms with Crippen molar-refractivity contribution in [3.8, 4) is 0 Å². The summed E-state index contributed by atoms with van der Waals surface area (Å²) in [7, 11) is 4.17. The summed E-state index contributed by atoms with van der Waals surface area (Å²) in [5.41, 5.74) is 5.26. The Hall–Kier alpha value is -1.80. The molecule has 0 fully saturated rings. The van der Waals surface area contributed by atoms with E-state index in [4.69, 9.17) is 0 Å². The Kier molecular flexibility index (Phi) is 5.40. The lowest BCUT2D eigenvalue weighted by Gasteiger charge is -2.23. The van der Waals surface area contributed by atoms with Crippen molar-refractivity contribution in [3.63, 3.8) is 0 Å². The second-order valence-electron chi connectivity index (χ2n) is 5.73. The normalized spacial score (nSPS) is 12.2. The molecule has 2 heteroatoms. The number of benzene rings is 2. The molecule has 0 aliphatic heterocycles. The van der Waals surface area contributed by atoms with E-state index in [0.717, 1.165) is 13.0 Å². The molecule has 0 aromatic heterocycles. The van der Waals surface area contributed by atoms with Crippen LogP contribution in [0.1, 0.15) is 36.1 Å². The van der Waals surface area contributed by atoms with Crippen LogP contribution < -0.4 is 10.2 Å². The van der Waals surface area contributed by atoms with E-state index in [1.54, 1.807) is 0 Å². The van der Waals surface area contributed by atoms with Crippen molar-refractivity contribution in [2.24, 2.45) is 0 Å². The van der Waals surface area contributed by atoms with Crippen LogP contribution in [0.5, 0.6) is 0 Å². The summed E-state index contributed by atoms with van der Waals surface area (Å²) in [6, 6.07) is 17.7. The minimum atomic E-state index is 0.256. The maximum absolute atomic E-state index is 3.69. The van der Waals surface area contributed by atoms with Crippen LogP contribution in [-0.2, 0) is 0 Å². The summed E-state index contributed by atoms with van der Waals surface area (Å²) in [6.45, 7) is 5.41. The van der Waals surface area contributed by atoms with E-state index in [-0.39, 0.29) is 6.04 Å². The Morgan fingerprint density at radius 3 is 2.48 bits per heavy atom. The molecule has 1 atom stereocenters. The fourth-order valence-electron chi connectivity index (χ4n) is 2.59. The van der Waals surface area contributed by atoms with Gasteiger partial charge in [0.2, 0.25) is 0 Å². The minimum absolute atomic E-state index is 0.256. The predicted octanol–water partition coefficient (Wildman–Crippen LogP) is 4.15. The van der Waals surface area contributed by atoms with E-state index < -0.39 is 0 Å². The van der Waals surface area contributed by atoms with E-state index in [0.29, 0.717) is 0 Å². The van der Waals surface area contributed by atoms with E-state index in [1.807, 2.05) is 0 Å². The monoisotopic (exact) mass is 282 g/mol. The molecule has 2 nitrogen and oxygen atoms in total. The van der Waals surface area contributed by atoms with Gasteiger partial charge in [0, 0.05) is 19.8 Å². The predicted molar refractivity (Wildman–Crippen MR) is 92.1 cm³/mol. The van der Waals surface area contributed by atoms with Crippen molar-refractivity contribution in [2.45, 2.75) is 26.3 Å².